The average Bonchev–Trinajstić information content (AvgIpc) is 2.80. The minimum absolute atomic E-state index is 0. The van der Waals surface area contributed by atoms with Crippen molar-refractivity contribution < 1.29 is 28.4 Å². The fourth-order valence-electron chi connectivity index (χ4n) is 4.05. The Hall–Kier alpha value is -1.00. The molecule has 0 saturated carbocycles. The molecule has 0 N–H and O–H groups in total. The van der Waals surface area contributed by atoms with Crippen LogP contribution in [0.15, 0.2) is 91.0 Å². The van der Waals surface area contributed by atoms with Crippen LogP contribution in [0.25, 0.3) is 0 Å². The minimum atomic E-state index is -1.69. The molecule has 0 fully saturated rings. The molecule has 0 aromatic heterocycles. The van der Waals surface area contributed by atoms with Crippen LogP contribution in [0.2, 0.25) is 18.1 Å². The van der Waals surface area contributed by atoms with E-state index >= 15 is 0 Å². The Morgan fingerprint density at radius 2 is 1.03 bits per heavy atom. The molecule has 3 aromatic carbocycles. The van der Waals surface area contributed by atoms with Crippen molar-refractivity contribution in [2.24, 2.45) is 0 Å². The molecule has 0 amide bonds. The van der Waals surface area contributed by atoms with Crippen molar-refractivity contribution in [3.63, 3.8) is 0 Å². The third kappa shape index (κ3) is 7.00. The zero-order valence-corrected chi connectivity index (χ0v) is 25.0. The van der Waals surface area contributed by atoms with Gasteiger partial charge < -0.3 is 28.4 Å². The van der Waals surface area contributed by atoms with Gasteiger partial charge in [-0.05, 0) is 73.8 Å². The van der Waals surface area contributed by atoms with Crippen LogP contribution in [0.3, 0.4) is 0 Å². The molecule has 33 heavy (non-hydrogen) atoms. The number of hydrogen-bond donors (Lipinski definition) is 0. The highest BCUT2D eigenvalue weighted by molar-refractivity contribution is 7.95. The van der Waals surface area contributed by atoms with E-state index in [1.54, 1.807) is 0 Å². The number of hydrogen-bond acceptors (Lipinski definition) is 1. The van der Waals surface area contributed by atoms with Gasteiger partial charge in [0, 0.05) is 6.61 Å². The van der Waals surface area contributed by atoms with E-state index in [0.717, 1.165) is 13.0 Å². The monoisotopic (exact) mass is 590 g/mol. The average molecular weight is 591 g/mol. The smallest absolute Gasteiger partial charge is 0.191 e. The Kier molecular flexibility index (Phi) is 10.8. The van der Waals surface area contributed by atoms with E-state index in [1.807, 2.05) is 0 Å². The molecule has 4 heteroatoms. The summed E-state index contributed by atoms with van der Waals surface area (Å²) in [5, 5.41) is 4.72. The maximum atomic E-state index is 6.43. The first kappa shape index (κ1) is 28.2. The standard InChI is InChI=1S/C29H40OPSi.HI/c1-29(2,3)32(4,5)30-24-16-9-17-25-31(26-18-10-6-11-19-26,27-20-12-7-13-21-27)28-22-14-8-15-23-28;/h6-8,10-15,18-23H,9,16-17,24-25H2,1-5H3;1H/q+1;/p-1. The number of benzene rings is 3. The number of halogens is 1. The van der Waals surface area contributed by atoms with Crippen LogP contribution in [0.4, 0.5) is 0 Å². The molecule has 0 bridgehead atoms. The summed E-state index contributed by atoms with van der Waals surface area (Å²) in [7, 11) is -3.35. The van der Waals surface area contributed by atoms with Gasteiger partial charge in [0.2, 0.25) is 0 Å². The van der Waals surface area contributed by atoms with Crippen LogP contribution in [0.1, 0.15) is 40.0 Å². The van der Waals surface area contributed by atoms with Gasteiger partial charge in [-0.2, -0.15) is 0 Å². The first-order valence-corrected chi connectivity index (χ1v) is 16.8. The van der Waals surface area contributed by atoms with Gasteiger partial charge in [0.1, 0.15) is 23.2 Å². The van der Waals surface area contributed by atoms with E-state index in [-0.39, 0.29) is 29.0 Å². The molecular formula is C29H40IOPSi. The van der Waals surface area contributed by atoms with E-state index in [0.29, 0.717) is 0 Å². The van der Waals surface area contributed by atoms with Crippen molar-refractivity contribution in [3.8, 4) is 0 Å². The summed E-state index contributed by atoms with van der Waals surface area (Å²) >= 11 is 0. The summed E-state index contributed by atoms with van der Waals surface area (Å²) in [6.45, 7) is 12.5. The molecule has 3 aromatic rings. The van der Waals surface area contributed by atoms with Crippen molar-refractivity contribution in [1.29, 1.82) is 0 Å². The topological polar surface area (TPSA) is 9.23 Å². The third-order valence-corrected chi connectivity index (χ3v) is 16.1. The van der Waals surface area contributed by atoms with Gasteiger partial charge in [0.05, 0.1) is 6.16 Å². The predicted molar refractivity (Wildman–Crippen MR) is 147 cm³/mol. The minimum Gasteiger partial charge on any atom is -1.00 e. The SMILES string of the molecule is CC(C)(C)[Si](C)(C)OCCCCC[P+](c1ccccc1)(c1ccccc1)c1ccccc1.[I-]. The highest BCUT2D eigenvalue weighted by Gasteiger charge is 2.44. The predicted octanol–water partition coefficient (Wildman–Crippen LogP) is 4.18. The molecule has 0 aliphatic rings. The lowest BCUT2D eigenvalue weighted by molar-refractivity contribution is -0.00000762. The molecule has 0 radical (unpaired) electrons. The first-order chi connectivity index (χ1) is 15.3. The van der Waals surface area contributed by atoms with Crippen LogP contribution < -0.4 is 39.9 Å². The molecule has 1 nitrogen and oxygen atoms in total. The molecular weight excluding hydrogens is 550 g/mol. The Bertz CT molecular complexity index is 843. The van der Waals surface area contributed by atoms with Crippen molar-refractivity contribution in [2.75, 3.05) is 12.8 Å². The molecule has 0 aliphatic carbocycles. The van der Waals surface area contributed by atoms with Gasteiger partial charge in [-0.3, -0.25) is 0 Å². The molecule has 0 aliphatic heterocycles. The van der Waals surface area contributed by atoms with Crippen molar-refractivity contribution in [1.82, 2.24) is 0 Å². The van der Waals surface area contributed by atoms with Crippen LogP contribution in [0.5, 0.6) is 0 Å². The maximum Gasteiger partial charge on any atom is 0.191 e. The Morgan fingerprint density at radius 1 is 0.636 bits per heavy atom. The zero-order chi connectivity index (χ0) is 23.1. The van der Waals surface area contributed by atoms with Gasteiger partial charge in [-0.1, -0.05) is 75.4 Å². The van der Waals surface area contributed by atoms with Crippen LogP contribution in [0, 0.1) is 0 Å². The molecule has 0 atom stereocenters. The van der Waals surface area contributed by atoms with Crippen molar-refractivity contribution >= 4 is 31.5 Å². The first-order valence-electron chi connectivity index (χ1n) is 12.0. The third-order valence-electron chi connectivity index (χ3n) is 7.00. The van der Waals surface area contributed by atoms with E-state index in [4.69, 9.17) is 4.43 Å². The van der Waals surface area contributed by atoms with Gasteiger partial charge in [-0.25, -0.2) is 0 Å². The summed E-state index contributed by atoms with van der Waals surface area (Å²) < 4.78 is 6.43. The van der Waals surface area contributed by atoms with E-state index in [2.05, 4.69) is 125 Å². The van der Waals surface area contributed by atoms with Crippen molar-refractivity contribution in [2.45, 2.75) is 58.2 Å². The summed E-state index contributed by atoms with van der Waals surface area (Å²) in [6, 6.07) is 33.6. The summed E-state index contributed by atoms with van der Waals surface area (Å²) in [6.07, 6.45) is 4.77. The van der Waals surface area contributed by atoms with Gasteiger partial charge >= 0.3 is 0 Å². The highest BCUT2D eigenvalue weighted by atomic mass is 127. The van der Waals surface area contributed by atoms with Gasteiger partial charge in [-0.15, -0.1) is 0 Å². The quantitative estimate of drug-likeness (QED) is 0.149. The Labute approximate surface area is 220 Å². The highest BCUT2D eigenvalue weighted by Crippen LogP contribution is 2.56. The second kappa shape index (κ2) is 12.6. The second-order valence-electron chi connectivity index (χ2n) is 10.2. The molecule has 0 unspecified atom stereocenters. The fraction of sp³-hybridized carbons (Fsp3) is 0.379. The summed E-state index contributed by atoms with van der Waals surface area (Å²) in [5.74, 6) is 0. The lowest BCUT2D eigenvalue weighted by Gasteiger charge is -2.36. The van der Waals surface area contributed by atoms with Crippen LogP contribution in [-0.4, -0.2) is 21.1 Å². The Morgan fingerprint density at radius 3 is 1.39 bits per heavy atom. The maximum absolute atomic E-state index is 6.43. The number of rotatable bonds is 10. The number of unbranched alkanes of at least 4 members (excludes halogenated alkanes) is 2. The van der Waals surface area contributed by atoms with Crippen molar-refractivity contribution in [3.05, 3.63) is 91.0 Å². The van der Waals surface area contributed by atoms with E-state index < -0.39 is 15.6 Å². The van der Waals surface area contributed by atoms with Gasteiger partial charge in [0.25, 0.3) is 0 Å². The zero-order valence-electron chi connectivity index (χ0n) is 20.9. The van der Waals surface area contributed by atoms with Crippen LogP contribution >= 0.6 is 7.26 Å². The second-order valence-corrected chi connectivity index (χ2v) is 18.6. The van der Waals surface area contributed by atoms with E-state index in [1.165, 1.54) is 34.9 Å². The summed E-state index contributed by atoms with van der Waals surface area (Å²) in [5.41, 5.74) is 0. The van der Waals surface area contributed by atoms with E-state index in [9.17, 15) is 0 Å². The van der Waals surface area contributed by atoms with Crippen LogP contribution in [-0.2, 0) is 4.43 Å². The molecule has 0 saturated heterocycles. The van der Waals surface area contributed by atoms with Gasteiger partial charge in [0.15, 0.2) is 8.32 Å². The molecule has 3 rings (SSSR count). The largest absolute Gasteiger partial charge is 1.00 e. The lowest BCUT2D eigenvalue weighted by Crippen LogP contribution is -3.00. The molecule has 0 heterocycles. The normalized spacial score (nSPS) is 12.3. The fourth-order valence-corrected chi connectivity index (χ4v) is 9.55. The Balaban J connectivity index is 0.00000385. The molecule has 178 valence electrons. The molecule has 0 spiro atoms. The lowest BCUT2D eigenvalue weighted by atomic mass is 10.2. The summed E-state index contributed by atoms with van der Waals surface area (Å²) in [4.78, 5) is 0.